The van der Waals surface area contributed by atoms with Crippen LogP contribution in [0.5, 0.6) is 0 Å². The van der Waals surface area contributed by atoms with Crippen molar-refractivity contribution in [1.29, 1.82) is 0 Å². The average Bonchev–Trinajstić information content (AvgIpc) is 2.86. The summed E-state index contributed by atoms with van der Waals surface area (Å²) in [5.74, 6) is 0. The van der Waals surface area contributed by atoms with Crippen LogP contribution in [0.1, 0.15) is 12.8 Å². The van der Waals surface area contributed by atoms with E-state index in [1.54, 1.807) is 0 Å². The van der Waals surface area contributed by atoms with Gasteiger partial charge in [-0.3, -0.25) is 4.90 Å². The van der Waals surface area contributed by atoms with Gasteiger partial charge in [-0.2, -0.15) is 0 Å². The molecule has 0 aromatic carbocycles. The number of alkyl halides is 1. The van der Waals surface area contributed by atoms with Crippen LogP contribution in [0.25, 0.3) is 0 Å². The number of hydrogen-bond donors (Lipinski definition) is 0. The Labute approximate surface area is 81.4 Å². The van der Waals surface area contributed by atoms with Crippen molar-refractivity contribution in [2.75, 3.05) is 30.7 Å². The van der Waals surface area contributed by atoms with Gasteiger partial charge in [0, 0.05) is 23.1 Å². The molecule has 1 saturated carbocycles. The smallest absolute Gasteiger partial charge is 0.0594 e. The van der Waals surface area contributed by atoms with Gasteiger partial charge in [0.15, 0.2) is 0 Å². The number of morpholine rings is 1. The Balaban J connectivity index is 1.92. The third-order valence-electron chi connectivity index (χ3n) is 2.76. The molecule has 11 heavy (non-hydrogen) atoms. The molecular weight excluding hydrogens is 253 g/mol. The highest BCUT2D eigenvalue weighted by molar-refractivity contribution is 14.1. The summed E-state index contributed by atoms with van der Waals surface area (Å²) in [6.45, 7) is 4.20. The maximum absolute atomic E-state index is 5.32. The van der Waals surface area contributed by atoms with E-state index in [-0.39, 0.29) is 0 Å². The van der Waals surface area contributed by atoms with E-state index in [0.29, 0.717) is 5.54 Å². The summed E-state index contributed by atoms with van der Waals surface area (Å²) in [6.07, 6.45) is 2.83. The molecule has 0 unspecified atom stereocenters. The van der Waals surface area contributed by atoms with E-state index >= 15 is 0 Å². The van der Waals surface area contributed by atoms with Crippen LogP contribution in [0, 0.1) is 0 Å². The van der Waals surface area contributed by atoms with Crippen molar-refractivity contribution in [1.82, 2.24) is 4.90 Å². The van der Waals surface area contributed by atoms with Crippen molar-refractivity contribution in [3.05, 3.63) is 0 Å². The second-order valence-electron chi connectivity index (χ2n) is 3.46. The van der Waals surface area contributed by atoms with Crippen LogP contribution in [-0.2, 0) is 4.74 Å². The fraction of sp³-hybridized carbons (Fsp3) is 1.00. The number of nitrogens with zero attached hydrogens (tertiary/aromatic N) is 1. The van der Waals surface area contributed by atoms with Crippen molar-refractivity contribution in [2.45, 2.75) is 18.4 Å². The minimum atomic E-state index is 0.602. The standard InChI is InChI=1S/C8H14INO/c9-7-8(1-2-8)10-3-5-11-6-4-10/h1-7H2. The summed E-state index contributed by atoms with van der Waals surface area (Å²) in [7, 11) is 0. The molecule has 0 bridgehead atoms. The molecule has 0 atom stereocenters. The molecule has 3 heteroatoms. The van der Waals surface area contributed by atoms with E-state index < -0.39 is 0 Å². The minimum absolute atomic E-state index is 0.602. The summed E-state index contributed by atoms with van der Waals surface area (Å²) in [5.41, 5.74) is 0.602. The van der Waals surface area contributed by atoms with E-state index in [1.165, 1.54) is 17.3 Å². The van der Waals surface area contributed by atoms with Crippen molar-refractivity contribution >= 4 is 22.6 Å². The van der Waals surface area contributed by atoms with Crippen molar-refractivity contribution in [3.8, 4) is 0 Å². The third kappa shape index (κ3) is 1.55. The van der Waals surface area contributed by atoms with E-state index in [1.807, 2.05) is 0 Å². The summed E-state index contributed by atoms with van der Waals surface area (Å²) >= 11 is 2.51. The number of ether oxygens (including phenoxy) is 1. The molecule has 1 saturated heterocycles. The lowest BCUT2D eigenvalue weighted by Gasteiger charge is -2.33. The molecule has 2 rings (SSSR count). The van der Waals surface area contributed by atoms with E-state index in [9.17, 15) is 0 Å². The Morgan fingerprint density at radius 3 is 2.36 bits per heavy atom. The third-order valence-corrected chi connectivity index (χ3v) is 4.18. The molecule has 2 aliphatic rings. The lowest BCUT2D eigenvalue weighted by Crippen LogP contribution is -2.46. The fourth-order valence-corrected chi connectivity index (χ4v) is 2.96. The first-order chi connectivity index (χ1) is 5.37. The fourth-order valence-electron chi connectivity index (χ4n) is 1.72. The van der Waals surface area contributed by atoms with Gasteiger partial charge < -0.3 is 4.74 Å². The first-order valence-electron chi connectivity index (χ1n) is 4.26. The number of hydrogen-bond acceptors (Lipinski definition) is 2. The van der Waals surface area contributed by atoms with Crippen LogP contribution >= 0.6 is 22.6 Å². The zero-order valence-electron chi connectivity index (χ0n) is 6.68. The SMILES string of the molecule is ICC1(N2CCOCC2)CC1. The Hall–Kier alpha value is 0.650. The first-order valence-corrected chi connectivity index (χ1v) is 5.79. The number of halogens is 1. The highest BCUT2D eigenvalue weighted by Gasteiger charge is 2.46. The van der Waals surface area contributed by atoms with Crippen LogP contribution in [0.4, 0.5) is 0 Å². The van der Waals surface area contributed by atoms with Crippen LogP contribution in [0.2, 0.25) is 0 Å². The van der Waals surface area contributed by atoms with E-state index in [0.717, 1.165) is 26.3 Å². The molecule has 2 fully saturated rings. The van der Waals surface area contributed by atoms with Crippen molar-refractivity contribution < 1.29 is 4.74 Å². The van der Waals surface area contributed by atoms with Gasteiger partial charge in [-0.1, -0.05) is 22.6 Å². The van der Waals surface area contributed by atoms with Gasteiger partial charge in [0.25, 0.3) is 0 Å². The molecule has 0 amide bonds. The van der Waals surface area contributed by atoms with Gasteiger partial charge in [0.1, 0.15) is 0 Å². The predicted molar refractivity (Wildman–Crippen MR) is 53.2 cm³/mol. The van der Waals surface area contributed by atoms with Crippen LogP contribution in [0.3, 0.4) is 0 Å². The van der Waals surface area contributed by atoms with Gasteiger partial charge in [-0.15, -0.1) is 0 Å². The van der Waals surface area contributed by atoms with E-state index in [4.69, 9.17) is 4.74 Å². The van der Waals surface area contributed by atoms with Gasteiger partial charge in [-0.05, 0) is 12.8 Å². The monoisotopic (exact) mass is 267 g/mol. The molecular formula is C8H14INO. The van der Waals surface area contributed by atoms with Gasteiger partial charge in [0.05, 0.1) is 13.2 Å². The summed E-state index contributed by atoms with van der Waals surface area (Å²) in [6, 6.07) is 0. The van der Waals surface area contributed by atoms with Crippen LogP contribution in [0.15, 0.2) is 0 Å². The maximum atomic E-state index is 5.32. The average molecular weight is 267 g/mol. The molecule has 0 N–H and O–H groups in total. The Morgan fingerprint density at radius 2 is 1.91 bits per heavy atom. The minimum Gasteiger partial charge on any atom is -0.379 e. The molecule has 0 aromatic heterocycles. The predicted octanol–water partition coefficient (Wildman–Crippen LogP) is 1.29. The molecule has 64 valence electrons. The molecule has 1 heterocycles. The highest BCUT2D eigenvalue weighted by Crippen LogP contribution is 2.43. The molecule has 1 aliphatic carbocycles. The van der Waals surface area contributed by atoms with E-state index in [2.05, 4.69) is 27.5 Å². The lowest BCUT2D eigenvalue weighted by atomic mass is 10.2. The maximum Gasteiger partial charge on any atom is 0.0594 e. The summed E-state index contributed by atoms with van der Waals surface area (Å²) < 4.78 is 6.62. The normalized spacial score (nSPS) is 30.3. The first kappa shape index (κ1) is 8.26. The molecule has 0 aromatic rings. The van der Waals surface area contributed by atoms with Gasteiger partial charge in [0.2, 0.25) is 0 Å². The molecule has 1 aliphatic heterocycles. The Kier molecular flexibility index (Phi) is 2.39. The van der Waals surface area contributed by atoms with Crippen LogP contribution in [-0.4, -0.2) is 41.2 Å². The highest BCUT2D eigenvalue weighted by atomic mass is 127. The van der Waals surface area contributed by atoms with Crippen LogP contribution < -0.4 is 0 Å². The Morgan fingerprint density at radius 1 is 1.27 bits per heavy atom. The molecule has 0 spiro atoms. The summed E-state index contributed by atoms with van der Waals surface area (Å²) in [4.78, 5) is 2.61. The molecule has 2 nitrogen and oxygen atoms in total. The number of rotatable bonds is 2. The zero-order valence-corrected chi connectivity index (χ0v) is 8.84. The Bertz CT molecular complexity index is 141. The second kappa shape index (κ2) is 3.18. The summed E-state index contributed by atoms with van der Waals surface area (Å²) in [5, 5.41) is 0. The lowest BCUT2D eigenvalue weighted by molar-refractivity contribution is 0.0156. The van der Waals surface area contributed by atoms with Gasteiger partial charge >= 0.3 is 0 Å². The largest absolute Gasteiger partial charge is 0.379 e. The topological polar surface area (TPSA) is 12.5 Å². The second-order valence-corrected chi connectivity index (χ2v) is 4.22. The van der Waals surface area contributed by atoms with Crippen molar-refractivity contribution in [2.24, 2.45) is 0 Å². The van der Waals surface area contributed by atoms with Crippen molar-refractivity contribution in [3.63, 3.8) is 0 Å². The van der Waals surface area contributed by atoms with Gasteiger partial charge in [-0.25, -0.2) is 0 Å². The molecule has 0 radical (unpaired) electrons. The zero-order chi connectivity index (χ0) is 7.73. The quantitative estimate of drug-likeness (QED) is 0.552.